The molecule has 1 fully saturated rings. The van der Waals surface area contributed by atoms with Gasteiger partial charge in [-0.1, -0.05) is 0 Å². The van der Waals surface area contributed by atoms with Gasteiger partial charge < -0.3 is 0 Å². The molecule has 0 amide bonds. The molecule has 112 valence electrons. The monoisotopic (exact) mass is 307 g/mol. The number of H-pyrrole nitrogens is 1. The molecule has 3 rings (SSSR count). The van der Waals surface area contributed by atoms with Gasteiger partial charge in [-0.15, -0.1) is 0 Å². The number of hydrogen-bond acceptors (Lipinski definition) is 5. The summed E-state index contributed by atoms with van der Waals surface area (Å²) in [5.41, 5.74) is 0.912. The van der Waals surface area contributed by atoms with Gasteiger partial charge in [-0.25, -0.2) is 18.4 Å². The molecular formula is C13H17N5O2S. The average Bonchev–Trinajstić information content (AvgIpc) is 3.02. The lowest BCUT2D eigenvalue weighted by Gasteiger charge is -2.31. The molecule has 0 radical (unpaired) electrons. The number of sulfonamides is 1. The third-order valence-electron chi connectivity index (χ3n) is 3.71. The lowest BCUT2D eigenvalue weighted by molar-refractivity contribution is 0.312. The van der Waals surface area contributed by atoms with Gasteiger partial charge in [0.1, 0.15) is 10.7 Å². The Hall–Kier alpha value is -1.80. The fourth-order valence-corrected chi connectivity index (χ4v) is 4.06. The molecule has 0 spiro atoms. The van der Waals surface area contributed by atoms with Crippen LogP contribution in [0.4, 0.5) is 0 Å². The molecule has 21 heavy (non-hydrogen) atoms. The molecule has 1 aliphatic rings. The molecule has 2 aromatic rings. The van der Waals surface area contributed by atoms with Gasteiger partial charge in [0.05, 0.1) is 6.20 Å². The standard InChI is InChI=1S/C13H17N5O2S/c1-10-14-5-4-13(17-10)11-3-2-6-18(9-11)21(19,20)12-7-15-16-8-12/h4-5,7-8,11H,2-3,6,9H2,1H3,(H,15,16)/t11-/m1/s1. The fourth-order valence-electron chi connectivity index (χ4n) is 2.63. The van der Waals surface area contributed by atoms with Gasteiger partial charge in [0, 0.05) is 37.1 Å². The Balaban J connectivity index is 1.83. The minimum atomic E-state index is -3.47. The Morgan fingerprint density at radius 2 is 2.29 bits per heavy atom. The van der Waals surface area contributed by atoms with Crippen LogP contribution in [0.5, 0.6) is 0 Å². The molecule has 8 heteroatoms. The first-order valence-electron chi connectivity index (χ1n) is 6.86. The molecule has 1 atom stereocenters. The van der Waals surface area contributed by atoms with Gasteiger partial charge in [0.15, 0.2) is 0 Å². The van der Waals surface area contributed by atoms with Crippen molar-refractivity contribution in [1.82, 2.24) is 24.5 Å². The maximum absolute atomic E-state index is 12.5. The lowest BCUT2D eigenvalue weighted by atomic mass is 9.96. The zero-order chi connectivity index (χ0) is 14.9. The van der Waals surface area contributed by atoms with Gasteiger partial charge in [-0.3, -0.25) is 5.10 Å². The predicted octanol–water partition coefficient (Wildman–Crippen LogP) is 1.08. The van der Waals surface area contributed by atoms with E-state index in [9.17, 15) is 8.42 Å². The molecule has 0 aliphatic carbocycles. The smallest absolute Gasteiger partial charge is 0.246 e. The Labute approximate surface area is 123 Å². The molecule has 0 bridgehead atoms. The Morgan fingerprint density at radius 1 is 1.43 bits per heavy atom. The van der Waals surface area contributed by atoms with E-state index in [0.717, 1.165) is 18.5 Å². The summed E-state index contributed by atoms with van der Waals surface area (Å²) in [4.78, 5) is 8.72. The highest BCUT2D eigenvalue weighted by molar-refractivity contribution is 7.89. The first kappa shape index (κ1) is 14.2. The minimum absolute atomic E-state index is 0.113. The second-order valence-electron chi connectivity index (χ2n) is 5.16. The van der Waals surface area contributed by atoms with Crippen LogP contribution in [0.3, 0.4) is 0 Å². The van der Waals surface area contributed by atoms with Crippen LogP contribution in [0.25, 0.3) is 0 Å². The van der Waals surface area contributed by atoms with Crippen molar-refractivity contribution in [3.8, 4) is 0 Å². The van der Waals surface area contributed by atoms with E-state index in [1.54, 1.807) is 6.20 Å². The molecular weight excluding hydrogens is 290 g/mol. The number of piperidine rings is 1. The highest BCUT2D eigenvalue weighted by atomic mass is 32.2. The average molecular weight is 307 g/mol. The van der Waals surface area contributed by atoms with Crippen molar-refractivity contribution in [2.45, 2.75) is 30.6 Å². The molecule has 3 heterocycles. The first-order chi connectivity index (χ1) is 10.1. The summed E-state index contributed by atoms with van der Waals surface area (Å²) in [5, 5.41) is 6.27. The summed E-state index contributed by atoms with van der Waals surface area (Å²) >= 11 is 0. The van der Waals surface area contributed by atoms with Crippen LogP contribution >= 0.6 is 0 Å². The molecule has 0 saturated carbocycles. The van der Waals surface area contributed by atoms with E-state index in [1.807, 2.05) is 13.0 Å². The zero-order valence-corrected chi connectivity index (χ0v) is 12.5. The Bertz CT molecular complexity index is 714. The largest absolute Gasteiger partial charge is 0.284 e. The lowest BCUT2D eigenvalue weighted by Crippen LogP contribution is -2.39. The first-order valence-corrected chi connectivity index (χ1v) is 8.30. The van der Waals surface area contributed by atoms with Crippen LogP contribution in [0.1, 0.15) is 30.3 Å². The summed E-state index contributed by atoms with van der Waals surface area (Å²) in [6, 6.07) is 1.87. The second-order valence-corrected chi connectivity index (χ2v) is 7.10. The molecule has 7 nitrogen and oxygen atoms in total. The number of aromatic nitrogens is 4. The number of aryl methyl sites for hydroxylation is 1. The molecule has 1 aliphatic heterocycles. The maximum Gasteiger partial charge on any atom is 0.246 e. The summed E-state index contributed by atoms with van der Waals surface area (Å²) in [6.45, 7) is 2.82. The summed E-state index contributed by atoms with van der Waals surface area (Å²) in [5.74, 6) is 0.824. The van der Waals surface area contributed by atoms with E-state index in [2.05, 4.69) is 20.2 Å². The minimum Gasteiger partial charge on any atom is -0.284 e. The van der Waals surface area contributed by atoms with Gasteiger partial charge in [-0.2, -0.15) is 9.40 Å². The van der Waals surface area contributed by atoms with E-state index in [1.165, 1.54) is 16.7 Å². The molecule has 1 N–H and O–H groups in total. The Morgan fingerprint density at radius 3 is 3.00 bits per heavy atom. The van der Waals surface area contributed by atoms with Crippen LogP contribution in [0, 0.1) is 6.92 Å². The van der Waals surface area contributed by atoms with Crippen LogP contribution in [-0.2, 0) is 10.0 Å². The second kappa shape index (κ2) is 5.53. The normalized spacial score (nSPS) is 20.5. The van der Waals surface area contributed by atoms with E-state index < -0.39 is 10.0 Å². The molecule has 2 aromatic heterocycles. The molecule has 1 saturated heterocycles. The van der Waals surface area contributed by atoms with Crippen LogP contribution in [0.15, 0.2) is 29.6 Å². The topological polar surface area (TPSA) is 91.8 Å². The zero-order valence-electron chi connectivity index (χ0n) is 11.7. The van der Waals surface area contributed by atoms with Crippen molar-refractivity contribution in [1.29, 1.82) is 0 Å². The molecule has 0 unspecified atom stereocenters. The van der Waals surface area contributed by atoms with Gasteiger partial charge in [0.25, 0.3) is 0 Å². The summed E-state index contributed by atoms with van der Waals surface area (Å²) < 4.78 is 26.6. The van der Waals surface area contributed by atoms with Crippen LogP contribution in [-0.4, -0.2) is 46.0 Å². The Kier molecular flexibility index (Phi) is 3.73. The van der Waals surface area contributed by atoms with Crippen molar-refractivity contribution < 1.29 is 8.42 Å². The third-order valence-corrected chi connectivity index (χ3v) is 5.54. The van der Waals surface area contributed by atoms with Crippen molar-refractivity contribution in [2.75, 3.05) is 13.1 Å². The quantitative estimate of drug-likeness (QED) is 0.916. The van der Waals surface area contributed by atoms with E-state index >= 15 is 0 Å². The fraction of sp³-hybridized carbons (Fsp3) is 0.462. The highest BCUT2D eigenvalue weighted by Gasteiger charge is 2.31. The predicted molar refractivity (Wildman–Crippen MR) is 76.1 cm³/mol. The third kappa shape index (κ3) is 2.81. The SMILES string of the molecule is Cc1nccc([C@@H]2CCCN(S(=O)(=O)c3cn[nH]c3)C2)n1. The number of rotatable bonds is 3. The van der Waals surface area contributed by atoms with Crippen molar-refractivity contribution in [2.24, 2.45) is 0 Å². The van der Waals surface area contributed by atoms with Crippen LogP contribution in [0.2, 0.25) is 0 Å². The van der Waals surface area contributed by atoms with E-state index in [0.29, 0.717) is 18.9 Å². The van der Waals surface area contributed by atoms with E-state index in [-0.39, 0.29) is 10.8 Å². The summed E-state index contributed by atoms with van der Waals surface area (Å²) in [6.07, 6.45) is 6.24. The van der Waals surface area contributed by atoms with Gasteiger partial charge >= 0.3 is 0 Å². The summed E-state index contributed by atoms with van der Waals surface area (Å²) in [7, 11) is -3.47. The number of aromatic amines is 1. The number of hydrogen-bond donors (Lipinski definition) is 1. The molecule has 0 aromatic carbocycles. The van der Waals surface area contributed by atoms with Crippen molar-refractivity contribution in [3.63, 3.8) is 0 Å². The highest BCUT2D eigenvalue weighted by Crippen LogP contribution is 2.28. The van der Waals surface area contributed by atoms with Crippen LogP contribution < -0.4 is 0 Å². The number of nitrogens with zero attached hydrogens (tertiary/aromatic N) is 4. The van der Waals surface area contributed by atoms with Gasteiger partial charge in [-0.05, 0) is 25.8 Å². The van der Waals surface area contributed by atoms with Crippen molar-refractivity contribution >= 4 is 10.0 Å². The maximum atomic E-state index is 12.5. The number of nitrogens with one attached hydrogen (secondary N) is 1. The van der Waals surface area contributed by atoms with Gasteiger partial charge in [0.2, 0.25) is 10.0 Å². The van der Waals surface area contributed by atoms with E-state index in [4.69, 9.17) is 0 Å². The van der Waals surface area contributed by atoms with Crippen molar-refractivity contribution in [3.05, 3.63) is 36.2 Å².